The van der Waals surface area contributed by atoms with Crippen LogP contribution >= 0.6 is 0 Å². The van der Waals surface area contributed by atoms with Crippen molar-refractivity contribution < 1.29 is 31.8 Å². The average Bonchev–Trinajstić information content (AvgIpc) is 2.14. The zero-order valence-electron chi connectivity index (χ0n) is 7.71. The molecule has 7 heteroatoms. The van der Waals surface area contributed by atoms with Gasteiger partial charge in [0.05, 0.1) is 0 Å². The first-order valence-electron chi connectivity index (χ1n) is 4.10. The largest absolute Gasteiger partial charge is 0.435 e. The Hall–Kier alpha value is -1.37. The average molecular weight is 242 g/mol. The van der Waals surface area contributed by atoms with Gasteiger partial charge in [-0.05, 0) is 17.7 Å². The van der Waals surface area contributed by atoms with Crippen LogP contribution in [-0.2, 0) is 0 Å². The van der Waals surface area contributed by atoms with E-state index < -0.39 is 30.2 Å². The van der Waals surface area contributed by atoms with Crippen LogP contribution in [0.3, 0.4) is 0 Å². The van der Waals surface area contributed by atoms with Gasteiger partial charge in [-0.1, -0.05) is 12.1 Å². The van der Waals surface area contributed by atoms with Gasteiger partial charge in [-0.3, -0.25) is 0 Å². The SMILES string of the molecule is OC(c1cccc(OC(F)F)c1)C(F)(F)F. The molecule has 0 fully saturated rings. The molecule has 2 nitrogen and oxygen atoms in total. The molecule has 1 rings (SSSR count). The van der Waals surface area contributed by atoms with E-state index in [-0.39, 0.29) is 0 Å². The van der Waals surface area contributed by atoms with Crippen LogP contribution in [0.25, 0.3) is 0 Å². The van der Waals surface area contributed by atoms with Crippen molar-refractivity contribution in [1.82, 2.24) is 0 Å². The Balaban J connectivity index is 2.90. The van der Waals surface area contributed by atoms with Crippen LogP contribution in [0.2, 0.25) is 0 Å². The van der Waals surface area contributed by atoms with Crippen molar-refractivity contribution in [3.05, 3.63) is 29.8 Å². The standard InChI is InChI=1S/C9H7F5O2/c10-8(11)16-6-3-1-2-5(4-6)7(15)9(12,13)14/h1-4,7-8,15H. The lowest BCUT2D eigenvalue weighted by Crippen LogP contribution is -2.20. The molecule has 0 spiro atoms. The predicted octanol–water partition coefficient (Wildman–Crippen LogP) is 2.88. The van der Waals surface area contributed by atoms with Crippen molar-refractivity contribution in [3.63, 3.8) is 0 Å². The molecule has 0 aliphatic rings. The first-order chi connectivity index (χ1) is 7.30. The van der Waals surface area contributed by atoms with Crippen LogP contribution in [0, 0.1) is 0 Å². The van der Waals surface area contributed by atoms with E-state index in [4.69, 9.17) is 5.11 Å². The highest BCUT2D eigenvalue weighted by Gasteiger charge is 2.39. The molecule has 0 aliphatic carbocycles. The topological polar surface area (TPSA) is 29.5 Å². The monoisotopic (exact) mass is 242 g/mol. The normalized spacial score (nSPS) is 13.9. The molecule has 0 aliphatic heterocycles. The molecule has 0 amide bonds. The number of benzene rings is 1. The minimum Gasteiger partial charge on any atom is -0.435 e. The highest BCUT2D eigenvalue weighted by molar-refractivity contribution is 5.30. The molecule has 1 aromatic carbocycles. The number of halogens is 5. The Kier molecular flexibility index (Phi) is 3.69. The van der Waals surface area contributed by atoms with Crippen molar-refractivity contribution in [2.75, 3.05) is 0 Å². The van der Waals surface area contributed by atoms with Gasteiger partial charge in [-0.25, -0.2) is 0 Å². The van der Waals surface area contributed by atoms with Crippen molar-refractivity contribution in [2.45, 2.75) is 18.9 Å². The van der Waals surface area contributed by atoms with Gasteiger partial charge in [0.25, 0.3) is 0 Å². The molecule has 1 atom stereocenters. The second-order valence-electron chi connectivity index (χ2n) is 2.90. The molecule has 0 heterocycles. The van der Waals surface area contributed by atoms with Crippen LogP contribution in [0.15, 0.2) is 24.3 Å². The van der Waals surface area contributed by atoms with Crippen LogP contribution in [0.5, 0.6) is 5.75 Å². The Morgan fingerprint density at radius 1 is 1.19 bits per heavy atom. The van der Waals surface area contributed by atoms with E-state index in [1.54, 1.807) is 0 Å². The summed E-state index contributed by atoms with van der Waals surface area (Å²) in [6.07, 6.45) is -7.56. The van der Waals surface area contributed by atoms with Gasteiger partial charge in [-0.2, -0.15) is 22.0 Å². The second kappa shape index (κ2) is 4.65. The van der Waals surface area contributed by atoms with E-state index in [9.17, 15) is 22.0 Å². The van der Waals surface area contributed by atoms with Crippen LogP contribution in [0.4, 0.5) is 22.0 Å². The highest BCUT2D eigenvalue weighted by Crippen LogP contribution is 2.33. The third-order valence-electron chi connectivity index (χ3n) is 1.71. The van der Waals surface area contributed by atoms with Crippen molar-refractivity contribution >= 4 is 0 Å². The lowest BCUT2D eigenvalue weighted by atomic mass is 10.1. The summed E-state index contributed by atoms with van der Waals surface area (Å²) in [4.78, 5) is 0. The number of aliphatic hydroxyl groups excluding tert-OH is 1. The fourth-order valence-corrected chi connectivity index (χ4v) is 1.05. The summed E-state index contributed by atoms with van der Waals surface area (Å²) in [7, 11) is 0. The number of ether oxygens (including phenoxy) is 1. The molecular weight excluding hydrogens is 235 g/mol. The van der Waals surface area contributed by atoms with E-state index in [2.05, 4.69) is 4.74 Å². The predicted molar refractivity (Wildman–Crippen MR) is 44.1 cm³/mol. The van der Waals surface area contributed by atoms with Gasteiger partial charge >= 0.3 is 12.8 Å². The molecule has 0 saturated heterocycles. The Morgan fingerprint density at radius 3 is 2.31 bits per heavy atom. The van der Waals surface area contributed by atoms with Gasteiger partial charge in [0.1, 0.15) is 5.75 Å². The molecular formula is C9H7F5O2. The summed E-state index contributed by atoms with van der Waals surface area (Å²) in [5.41, 5.74) is -0.550. The second-order valence-corrected chi connectivity index (χ2v) is 2.90. The minimum atomic E-state index is -4.84. The first-order valence-corrected chi connectivity index (χ1v) is 4.10. The maximum absolute atomic E-state index is 12.1. The van der Waals surface area contributed by atoms with Crippen molar-refractivity contribution in [2.24, 2.45) is 0 Å². The number of rotatable bonds is 3. The summed E-state index contributed by atoms with van der Waals surface area (Å²) >= 11 is 0. The van der Waals surface area contributed by atoms with E-state index in [1.165, 1.54) is 0 Å². The lowest BCUT2D eigenvalue weighted by molar-refractivity contribution is -0.206. The molecule has 1 N–H and O–H groups in total. The van der Waals surface area contributed by atoms with E-state index in [0.717, 1.165) is 18.2 Å². The van der Waals surface area contributed by atoms with Crippen LogP contribution in [-0.4, -0.2) is 17.9 Å². The summed E-state index contributed by atoms with van der Waals surface area (Å²) < 4.78 is 63.7. The van der Waals surface area contributed by atoms with Crippen LogP contribution < -0.4 is 4.74 Å². The quantitative estimate of drug-likeness (QED) is 0.826. The third kappa shape index (κ3) is 3.34. The third-order valence-corrected chi connectivity index (χ3v) is 1.71. The summed E-state index contributed by atoms with van der Waals surface area (Å²) in [6.45, 7) is -3.13. The zero-order valence-corrected chi connectivity index (χ0v) is 7.71. The summed E-state index contributed by atoms with van der Waals surface area (Å²) in [5.74, 6) is -0.434. The maximum atomic E-state index is 12.1. The maximum Gasteiger partial charge on any atom is 0.418 e. The van der Waals surface area contributed by atoms with Gasteiger partial charge in [0, 0.05) is 0 Å². The number of hydrogen-bond donors (Lipinski definition) is 1. The number of aliphatic hydroxyl groups is 1. The molecule has 1 unspecified atom stereocenters. The van der Waals surface area contributed by atoms with Crippen LogP contribution in [0.1, 0.15) is 11.7 Å². The van der Waals surface area contributed by atoms with E-state index in [0.29, 0.717) is 6.07 Å². The number of alkyl halides is 5. The molecule has 0 saturated carbocycles. The fourth-order valence-electron chi connectivity index (χ4n) is 1.05. The van der Waals surface area contributed by atoms with Crippen molar-refractivity contribution in [1.29, 1.82) is 0 Å². The highest BCUT2D eigenvalue weighted by atomic mass is 19.4. The Morgan fingerprint density at radius 2 is 1.81 bits per heavy atom. The zero-order chi connectivity index (χ0) is 12.3. The minimum absolute atomic E-state index is 0.434. The summed E-state index contributed by atoms with van der Waals surface area (Å²) in [5, 5.41) is 8.85. The van der Waals surface area contributed by atoms with E-state index >= 15 is 0 Å². The Labute approximate surface area is 87.3 Å². The lowest BCUT2D eigenvalue weighted by Gasteiger charge is -2.15. The summed E-state index contributed by atoms with van der Waals surface area (Å²) in [6, 6.07) is 3.83. The Bertz CT molecular complexity index is 350. The smallest absolute Gasteiger partial charge is 0.418 e. The first kappa shape index (κ1) is 12.7. The van der Waals surface area contributed by atoms with Crippen molar-refractivity contribution in [3.8, 4) is 5.75 Å². The molecule has 0 bridgehead atoms. The van der Waals surface area contributed by atoms with Gasteiger partial charge < -0.3 is 9.84 Å². The van der Waals surface area contributed by atoms with Gasteiger partial charge in [-0.15, -0.1) is 0 Å². The molecule has 16 heavy (non-hydrogen) atoms. The van der Waals surface area contributed by atoms with E-state index in [1.807, 2.05) is 0 Å². The van der Waals surface area contributed by atoms with Gasteiger partial charge in [0.15, 0.2) is 6.10 Å². The fraction of sp³-hybridized carbons (Fsp3) is 0.333. The molecule has 0 radical (unpaired) electrons. The molecule has 0 aromatic heterocycles. The number of hydrogen-bond acceptors (Lipinski definition) is 2. The molecule has 1 aromatic rings. The molecule has 90 valence electrons. The van der Waals surface area contributed by atoms with Gasteiger partial charge in [0.2, 0.25) is 0 Å².